The average Bonchev–Trinajstić information content (AvgIpc) is 2.82. The van der Waals surface area contributed by atoms with E-state index < -0.39 is 16.7 Å². The normalized spacial score (nSPS) is 27.2. The van der Waals surface area contributed by atoms with Gasteiger partial charge in [-0.3, -0.25) is 9.59 Å². The molecule has 0 saturated carbocycles. The molecule has 2 aromatic rings. The number of fused-ring (bicyclic) bond motifs is 1. The predicted molar refractivity (Wildman–Crippen MR) is 129 cm³/mol. The molecule has 0 heterocycles. The number of phenolic OH excluding ortho intramolecular Hbond substituents is 1. The quantitative estimate of drug-likeness (QED) is 0.610. The Morgan fingerprint density at radius 2 is 1.73 bits per heavy atom. The van der Waals surface area contributed by atoms with Crippen molar-refractivity contribution >= 4 is 11.6 Å². The third-order valence-corrected chi connectivity index (χ3v) is 7.82. The Labute approximate surface area is 195 Å². The van der Waals surface area contributed by atoms with Crippen LogP contribution >= 0.6 is 0 Å². The Morgan fingerprint density at radius 1 is 1.06 bits per heavy atom. The van der Waals surface area contributed by atoms with Crippen LogP contribution in [0.1, 0.15) is 51.2 Å². The third-order valence-electron chi connectivity index (χ3n) is 7.82. The number of aromatic hydroxyl groups is 1. The number of phenols is 1. The highest BCUT2D eigenvalue weighted by atomic mass is 16.5. The highest BCUT2D eigenvalue weighted by Crippen LogP contribution is 2.62. The molecule has 0 aliphatic heterocycles. The maximum Gasteiger partial charge on any atom is 0.166 e. The number of allylic oxidation sites excluding steroid dienone is 5. The van der Waals surface area contributed by atoms with Crippen molar-refractivity contribution < 1.29 is 19.4 Å². The minimum Gasteiger partial charge on any atom is -0.508 e. The predicted octanol–water partition coefficient (Wildman–Crippen LogP) is 6.07. The van der Waals surface area contributed by atoms with E-state index in [0.717, 1.165) is 11.1 Å². The van der Waals surface area contributed by atoms with Crippen LogP contribution in [-0.2, 0) is 16.2 Å². The fraction of sp³-hybridized carbons (Fsp3) is 0.310. The molecule has 1 N–H and O–H groups in total. The van der Waals surface area contributed by atoms with Gasteiger partial charge in [-0.2, -0.15) is 0 Å². The number of carbonyl (C=O) groups excluding carboxylic acids is 2. The van der Waals surface area contributed by atoms with E-state index in [0.29, 0.717) is 35.5 Å². The average molecular weight is 443 g/mol. The van der Waals surface area contributed by atoms with Gasteiger partial charge < -0.3 is 9.84 Å². The third kappa shape index (κ3) is 3.36. The van der Waals surface area contributed by atoms with Gasteiger partial charge in [-0.25, -0.2) is 0 Å². The first kappa shape index (κ1) is 22.8. The fourth-order valence-electron chi connectivity index (χ4n) is 5.45. The molecule has 0 aromatic heterocycles. The highest BCUT2D eigenvalue weighted by molar-refractivity contribution is 6.17. The van der Waals surface area contributed by atoms with Crippen LogP contribution in [0.2, 0.25) is 0 Å². The first-order valence-electron chi connectivity index (χ1n) is 11.2. The van der Waals surface area contributed by atoms with Crippen LogP contribution in [0.4, 0.5) is 0 Å². The minimum atomic E-state index is -1.05. The number of ether oxygens (including phenoxy) is 1. The van der Waals surface area contributed by atoms with Crippen molar-refractivity contribution in [2.24, 2.45) is 10.8 Å². The van der Waals surface area contributed by atoms with Crippen LogP contribution in [0, 0.1) is 10.8 Å². The molecule has 2 aliphatic rings. The van der Waals surface area contributed by atoms with Gasteiger partial charge in [-0.05, 0) is 48.6 Å². The second kappa shape index (κ2) is 8.18. The van der Waals surface area contributed by atoms with Gasteiger partial charge in [0.1, 0.15) is 18.1 Å². The summed E-state index contributed by atoms with van der Waals surface area (Å²) in [6, 6.07) is 15.0. The van der Waals surface area contributed by atoms with E-state index in [-0.39, 0.29) is 17.3 Å². The summed E-state index contributed by atoms with van der Waals surface area (Å²) < 4.78 is 5.87. The van der Waals surface area contributed by atoms with Gasteiger partial charge in [-0.1, -0.05) is 69.0 Å². The Bertz CT molecular complexity index is 1200. The van der Waals surface area contributed by atoms with Crippen molar-refractivity contribution in [3.05, 3.63) is 95.1 Å². The van der Waals surface area contributed by atoms with E-state index in [4.69, 9.17) is 4.74 Å². The zero-order valence-electron chi connectivity index (χ0n) is 19.6. The van der Waals surface area contributed by atoms with E-state index in [1.54, 1.807) is 38.1 Å². The maximum atomic E-state index is 13.7. The summed E-state index contributed by atoms with van der Waals surface area (Å²) in [6.07, 6.45) is 4.17. The van der Waals surface area contributed by atoms with Gasteiger partial charge in [0.05, 0.1) is 5.41 Å². The first-order valence-corrected chi connectivity index (χ1v) is 11.2. The van der Waals surface area contributed by atoms with E-state index in [9.17, 15) is 14.7 Å². The largest absolute Gasteiger partial charge is 0.508 e. The number of Topliss-reactive ketones (excluding diaryl/α,β-unsaturated/α-hetero) is 2. The van der Waals surface area contributed by atoms with Crippen molar-refractivity contribution in [1.82, 2.24) is 0 Å². The second-order valence-corrected chi connectivity index (χ2v) is 9.48. The molecule has 4 heteroatoms. The number of benzene rings is 2. The molecule has 2 aromatic carbocycles. The smallest absolute Gasteiger partial charge is 0.166 e. The molecule has 0 unspecified atom stereocenters. The summed E-state index contributed by atoms with van der Waals surface area (Å²) in [7, 11) is 0. The molecule has 0 radical (unpaired) electrons. The maximum absolute atomic E-state index is 13.7. The van der Waals surface area contributed by atoms with Gasteiger partial charge in [0.2, 0.25) is 0 Å². The number of hydrogen-bond acceptors (Lipinski definition) is 4. The van der Waals surface area contributed by atoms with Crippen molar-refractivity contribution in [3.63, 3.8) is 0 Å². The monoisotopic (exact) mass is 442 g/mol. The van der Waals surface area contributed by atoms with Gasteiger partial charge in [0.25, 0.3) is 0 Å². The van der Waals surface area contributed by atoms with Gasteiger partial charge in [-0.15, -0.1) is 0 Å². The van der Waals surface area contributed by atoms with E-state index in [1.807, 2.05) is 50.3 Å². The Kier molecular flexibility index (Phi) is 5.65. The molecule has 0 amide bonds. The molecule has 0 bridgehead atoms. The fourth-order valence-corrected chi connectivity index (χ4v) is 5.45. The molecule has 4 nitrogen and oxygen atoms in total. The summed E-state index contributed by atoms with van der Waals surface area (Å²) in [4.78, 5) is 27.2. The summed E-state index contributed by atoms with van der Waals surface area (Å²) in [5.41, 5.74) is 1.54. The molecular formula is C29H30O4. The zero-order valence-corrected chi connectivity index (χ0v) is 19.6. The van der Waals surface area contributed by atoms with Crippen LogP contribution in [0.15, 0.2) is 84.0 Å². The molecule has 170 valence electrons. The number of hydrogen-bond donors (Lipinski definition) is 1. The van der Waals surface area contributed by atoms with Crippen LogP contribution in [-0.4, -0.2) is 16.7 Å². The Balaban J connectivity index is 1.77. The topological polar surface area (TPSA) is 63.6 Å². The Hall–Kier alpha value is -3.40. The summed E-state index contributed by atoms with van der Waals surface area (Å²) >= 11 is 0. The van der Waals surface area contributed by atoms with Crippen LogP contribution in [0.25, 0.3) is 0 Å². The summed E-state index contributed by atoms with van der Waals surface area (Å²) in [5.74, 6) is 0.00688. The molecule has 0 saturated heterocycles. The molecule has 0 fully saturated rings. The SMILES string of the molecule is C=CC1=CC[C@@]2(C)C(=O)C(C)=C(C)C(=O)[C@@]2(C)[C@H]1c1ccc(OCc2ccccc2)cc1O. The van der Waals surface area contributed by atoms with E-state index >= 15 is 0 Å². The molecule has 4 rings (SSSR count). The van der Waals surface area contributed by atoms with Crippen LogP contribution < -0.4 is 4.74 Å². The second-order valence-electron chi connectivity index (χ2n) is 9.48. The van der Waals surface area contributed by atoms with Crippen LogP contribution in [0.3, 0.4) is 0 Å². The lowest BCUT2D eigenvalue weighted by molar-refractivity contribution is -0.147. The minimum absolute atomic E-state index is 0.00577. The van der Waals surface area contributed by atoms with Crippen molar-refractivity contribution in [1.29, 1.82) is 0 Å². The van der Waals surface area contributed by atoms with Gasteiger partial charge in [0, 0.05) is 23.0 Å². The number of ketones is 2. The molecule has 0 spiro atoms. The summed E-state index contributed by atoms with van der Waals surface area (Å²) in [5, 5.41) is 11.1. The van der Waals surface area contributed by atoms with E-state index in [1.165, 1.54) is 0 Å². The molecule has 3 atom stereocenters. The number of carbonyl (C=O) groups is 2. The first-order chi connectivity index (χ1) is 15.6. The van der Waals surface area contributed by atoms with Crippen molar-refractivity contribution in [2.45, 2.75) is 46.6 Å². The van der Waals surface area contributed by atoms with Crippen molar-refractivity contribution in [3.8, 4) is 11.5 Å². The van der Waals surface area contributed by atoms with E-state index in [2.05, 4.69) is 6.58 Å². The zero-order chi connectivity index (χ0) is 24.0. The van der Waals surface area contributed by atoms with Gasteiger partial charge in [0.15, 0.2) is 11.6 Å². The molecule has 2 aliphatic carbocycles. The standard InChI is InChI=1S/C29H30O4/c1-6-21-14-15-28(4)26(31)18(2)19(3)27(32)29(28,5)25(21)23-13-12-22(16-24(23)30)33-17-20-10-8-7-9-11-20/h6-14,16,25,30H,1,15,17H2,2-5H3/t25-,28+,29-/m1/s1. The lowest BCUT2D eigenvalue weighted by Gasteiger charge is -2.54. The lowest BCUT2D eigenvalue weighted by Crippen LogP contribution is -2.57. The van der Waals surface area contributed by atoms with Crippen molar-refractivity contribution in [2.75, 3.05) is 0 Å². The van der Waals surface area contributed by atoms with Crippen LogP contribution in [0.5, 0.6) is 11.5 Å². The van der Waals surface area contributed by atoms with Gasteiger partial charge >= 0.3 is 0 Å². The highest BCUT2D eigenvalue weighted by Gasteiger charge is 2.63. The summed E-state index contributed by atoms with van der Waals surface area (Å²) in [6.45, 7) is 11.5. The lowest BCUT2D eigenvalue weighted by atomic mass is 9.45. The molecule has 33 heavy (non-hydrogen) atoms. The Morgan fingerprint density at radius 3 is 2.36 bits per heavy atom. The molecular weight excluding hydrogens is 412 g/mol. The number of rotatable bonds is 5.